The van der Waals surface area contributed by atoms with Crippen molar-refractivity contribution >= 4 is 0 Å². The molecule has 0 saturated heterocycles. The molecule has 17 heavy (non-hydrogen) atoms. The van der Waals surface area contributed by atoms with E-state index in [0.29, 0.717) is 5.92 Å². The fourth-order valence-corrected chi connectivity index (χ4v) is 3.25. The molecular formula is C14H22N2O. The Balaban J connectivity index is 2.21. The van der Waals surface area contributed by atoms with Crippen molar-refractivity contribution in [2.24, 2.45) is 11.3 Å². The second-order valence-corrected chi connectivity index (χ2v) is 5.70. The molecule has 0 aromatic carbocycles. The summed E-state index contributed by atoms with van der Waals surface area (Å²) in [6, 6.07) is 0. The molecule has 1 unspecified atom stereocenters. The van der Waals surface area contributed by atoms with E-state index in [-0.39, 0.29) is 5.41 Å². The number of hydrogen-bond acceptors (Lipinski definition) is 3. The quantitative estimate of drug-likeness (QED) is 0.870. The number of nitrogens with zero attached hydrogens (tertiary/aromatic N) is 2. The van der Waals surface area contributed by atoms with E-state index in [4.69, 9.17) is 0 Å². The molecule has 1 aromatic rings. The lowest BCUT2D eigenvalue weighted by Gasteiger charge is -2.35. The third kappa shape index (κ3) is 2.65. The van der Waals surface area contributed by atoms with Gasteiger partial charge in [-0.25, -0.2) is 0 Å². The van der Waals surface area contributed by atoms with Crippen molar-refractivity contribution in [1.82, 2.24) is 9.97 Å². The van der Waals surface area contributed by atoms with Crippen LogP contribution in [0.3, 0.4) is 0 Å². The molecule has 1 N–H and O–H groups in total. The number of aliphatic hydroxyl groups is 1. The summed E-state index contributed by atoms with van der Waals surface area (Å²) < 4.78 is 0. The molecule has 3 nitrogen and oxygen atoms in total. The van der Waals surface area contributed by atoms with Crippen LogP contribution in [0, 0.1) is 11.3 Å². The lowest BCUT2D eigenvalue weighted by Crippen LogP contribution is -2.28. The van der Waals surface area contributed by atoms with Crippen molar-refractivity contribution in [1.29, 1.82) is 0 Å². The average molecular weight is 234 g/mol. The van der Waals surface area contributed by atoms with Gasteiger partial charge in [-0.2, -0.15) is 0 Å². The molecule has 1 fully saturated rings. The van der Waals surface area contributed by atoms with Gasteiger partial charge in [-0.3, -0.25) is 9.97 Å². The van der Waals surface area contributed by atoms with Gasteiger partial charge in [-0.15, -0.1) is 0 Å². The minimum atomic E-state index is -0.457. The first-order valence-electron chi connectivity index (χ1n) is 6.58. The Morgan fingerprint density at radius 3 is 2.53 bits per heavy atom. The number of aromatic nitrogens is 2. The molecule has 1 aliphatic carbocycles. The zero-order valence-corrected chi connectivity index (χ0v) is 10.8. The highest BCUT2D eigenvalue weighted by Gasteiger charge is 2.42. The third-order valence-electron chi connectivity index (χ3n) is 3.86. The highest BCUT2D eigenvalue weighted by Crippen LogP contribution is 2.51. The van der Waals surface area contributed by atoms with Gasteiger partial charge in [-0.05, 0) is 25.2 Å². The Labute approximate surface area is 103 Å². The molecule has 0 spiro atoms. The Morgan fingerprint density at radius 1 is 1.29 bits per heavy atom. The van der Waals surface area contributed by atoms with Crippen LogP contribution in [0.5, 0.6) is 0 Å². The van der Waals surface area contributed by atoms with E-state index < -0.39 is 6.10 Å². The Bertz CT molecular complexity index is 344. The van der Waals surface area contributed by atoms with Crippen LogP contribution in [0.4, 0.5) is 0 Å². The Kier molecular flexibility index (Phi) is 3.77. The molecule has 1 saturated carbocycles. The van der Waals surface area contributed by atoms with E-state index in [1.807, 2.05) is 0 Å². The van der Waals surface area contributed by atoms with Gasteiger partial charge in [-0.1, -0.05) is 26.7 Å². The van der Waals surface area contributed by atoms with Crippen LogP contribution in [-0.4, -0.2) is 15.1 Å². The Hall–Kier alpha value is -0.960. The number of hydrogen-bond donors (Lipinski definition) is 1. The molecule has 0 aliphatic heterocycles. The number of rotatable bonds is 4. The summed E-state index contributed by atoms with van der Waals surface area (Å²) in [6.07, 6.45) is 10.3. The monoisotopic (exact) mass is 234 g/mol. The van der Waals surface area contributed by atoms with Crippen molar-refractivity contribution in [2.75, 3.05) is 0 Å². The van der Waals surface area contributed by atoms with Crippen LogP contribution in [0.1, 0.15) is 57.7 Å². The van der Waals surface area contributed by atoms with E-state index >= 15 is 0 Å². The Morgan fingerprint density at radius 2 is 2.00 bits per heavy atom. The molecule has 3 heteroatoms. The normalized spacial score (nSPS) is 20.7. The summed E-state index contributed by atoms with van der Waals surface area (Å²) in [5.41, 5.74) is 0.763. The summed E-state index contributed by atoms with van der Waals surface area (Å²) >= 11 is 0. The summed E-state index contributed by atoms with van der Waals surface area (Å²) in [6.45, 7) is 4.45. The maximum Gasteiger partial charge on any atom is 0.103 e. The fourth-order valence-electron chi connectivity index (χ4n) is 3.25. The van der Waals surface area contributed by atoms with Crippen molar-refractivity contribution in [3.05, 3.63) is 24.3 Å². The largest absolute Gasteiger partial charge is 0.386 e. The van der Waals surface area contributed by atoms with E-state index in [0.717, 1.165) is 25.0 Å². The van der Waals surface area contributed by atoms with Gasteiger partial charge in [0.05, 0.1) is 11.9 Å². The summed E-state index contributed by atoms with van der Waals surface area (Å²) in [5, 5.41) is 10.6. The van der Waals surface area contributed by atoms with E-state index in [1.54, 1.807) is 18.6 Å². The zero-order valence-electron chi connectivity index (χ0n) is 10.8. The van der Waals surface area contributed by atoms with Crippen LogP contribution in [0.25, 0.3) is 0 Å². The zero-order chi connectivity index (χ0) is 12.3. The van der Waals surface area contributed by atoms with Crippen LogP contribution in [0.2, 0.25) is 0 Å². The third-order valence-corrected chi connectivity index (χ3v) is 3.86. The van der Waals surface area contributed by atoms with Crippen molar-refractivity contribution in [2.45, 2.75) is 52.1 Å². The smallest absolute Gasteiger partial charge is 0.103 e. The first kappa shape index (κ1) is 12.5. The highest BCUT2D eigenvalue weighted by atomic mass is 16.3. The van der Waals surface area contributed by atoms with Gasteiger partial charge in [0.1, 0.15) is 6.10 Å². The van der Waals surface area contributed by atoms with Gasteiger partial charge in [0, 0.05) is 17.8 Å². The average Bonchev–Trinajstić information content (AvgIpc) is 2.78. The van der Waals surface area contributed by atoms with Crippen molar-refractivity contribution < 1.29 is 5.11 Å². The number of aliphatic hydroxyl groups excluding tert-OH is 1. The molecule has 0 bridgehead atoms. The maximum absolute atomic E-state index is 10.6. The summed E-state index contributed by atoms with van der Waals surface area (Å²) in [5.74, 6) is 0.611. The SMILES string of the molecule is CC(C)CC1(C(O)c2cnccn2)CCCC1. The fraction of sp³-hybridized carbons (Fsp3) is 0.714. The molecule has 1 aromatic heterocycles. The van der Waals surface area contributed by atoms with E-state index in [1.165, 1.54) is 12.8 Å². The minimum absolute atomic E-state index is 0.0319. The molecule has 0 amide bonds. The van der Waals surface area contributed by atoms with Gasteiger partial charge >= 0.3 is 0 Å². The first-order chi connectivity index (χ1) is 8.14. The first-order valence-corrected chi connectivity index (χ1v) is 6.58. The van der Waals surface area contributed by atoms with Gasteiger partial charge in [0.25, 0.3) is 0 Å². The molecule has 94 valence electrons. The molecule has 2 rings (SSSR count). The molecule has 1 aliphatic rings. The topological polar surface area (TPSA) is 46.0 Å². The lowest BCUT2D eigenvalue weighted by atomic mass is 9.73. The lowest BCUT2D eigenvalue weighted by molar-refractivity contribution is 0.00790. The predicted octanol–water partition coefficient (Wildman–Crippen LogP) is 3.12. The predicted molar refractivity (Wildman–Crippen MR) is 67.3 cm³/mol. The van der Waals surface area contributed by atoms with E-state index in [2.05, 4.69) is 23.8 Å². The van der Waals surface area contributed by atoms with Crippen LogP contribution < -0.4 is 0 Å². The molecule has 1 atom stereocenters. The highest BCUT2D eigenvalue weighted by molar-refractivity contribution is 5.07. The second-order valence-electron chi connectivity index (χ2n) is 5.70. The van der Waals surface area contributed by atoms with Crippen LogP contribution in [-0.2, 0) is 0 Å². The van der Waals surface area contributed by atoms with Gasteiger partial charge in [0.15, 0.2) is 0 Å². The second kappa shape index (κ2) is 5.13. The van der Waals surface area contributed by atoms with Gasteiger partial charge in [0.2, 0.25) is 0 Å². The molecule has 0 radical (unpaired) electrons. The molecular weight excluding hydrogens is 212 g/mol. The van der Waals surface area contributed by atoms with Crippen LogP contribution >= 0.6 is 0 Å². The van der Waals surface area contributed by atoms with Crippen molar-refractivity contribution in [3.8, 4) is 0 Å². The molecule has 1 heterocycles. The maximum atomic E-state index is 10.6. The van der Waals surface area contributed by atoms with Crippen molar-refractivity contribution in [3.63, 3.8) is 0 Å². The van der Waals surface area contributed by atoms with E-state index in [9.17, 15) is 5.11 Å². The minimum Gasteiger partial charge on any atom is -0.386 e. The van der Waals surface area contributed by atoms with Crippen LogP contribution in [0.15, 0.2) is 18.6 Å². The standard InChI is InChI=1S/C14H22N2O/c1-11(2)9-14(5-3-4-6-14)13(17)12-10-15-7-8-16-12/h7-8,10-11,13,17H,3-6,9H2,1-2H3. The summed E-state index contributed by atoms with van der Waals surface area (Å²) in [7, 11) is 0. The summed E-state index contributed by atoms with van der Waals surface area (Å²) in [4.78, 5) is 8.33. The van der Waals surface area contributed by atoms with Gasteiger partial charge < -0.3 is 5.11 Å².